The molecule has 0 bridgehead atoms. The number of anilines is 2. The minimum Gasteiger partial charge on any atom is -0.493 e. The first-order valence-corrected chi connectivity index (χ1v) is 10.1. The summed E-state index contributed by atoms with van der Waals surface area (Å²) in [6, 6.07) is 10.4. The molecule has 0 atom stereocenters. The van der Waals surface area contributed by atoms with Gasteiger partial charge in [-0.05, 0) is 25.0 Å². The average molecular weight is 394 g/mol. The Morgan fingerprint density at radius 1 is 1.00 bits per heavy atom. The third-order valence-electron chi connectivity index (χ3n) is 4.94. The lowest BCUT2D eigenvalue weighted by molar-refractivity contribution is 0.318. The first kappa shape index (κ1) is 19.2. The maximum atomic E-state index is 5.99. The van der Waals surface area contributed by atoms with Gasteiger partial charge in [-0.1, -0.05) is 31.1 Å². The number of piperazine rings is 1. The number of hydrogen-bond donors (Lipinski definition) is 0. The van der Waals surface area contributed by atoms with E-state index < -0.39 is 0 Å². The van der Waals surface area contributed by atoms with E-state index in [-0.39, 0.29) is 0 Å². The summed E-state index contributed by atoms with van der Waals surface area (Å²) in [6.07, 6.45) is 3.49. The number of aryl methyl sites for hydroxylation is 1. The monoisotopic (exact) mass is 394 g/mol. The summed E-state index contributed by atoms with van der Waals surface area (Å²) >= 11 is 0. The first-order chi connectivity index (χ1) is 14.3. The van der Waals surface area contributed by atoms with Crippen LogP contribution in [-0.4, -0.2) is 53.0 Å². The van der Waals surface area contributed by atoms with Gasteiger partial charge in [-0.3, -0.25) is 0 Å². The van der Waals surface area contributed by atoms with E-state index in [1.54, 1.807) is 6.33 Å². The van der Waals surface area contributed by atoms with Gasteiger partial charge in [0.1, 0.15) is 17.9 Å². The summed E-state index contributed by atoms with van der Waals surface area (Å²) in [4.78, 5) is 13.1. The van der Waals surface area contributed by atoms with E-state index in [4.69, 9.17) is 9.15 Å². The molecule has 1 aliphatic heterocycles. The van der Waals surface area contributed by atoms with Crippen molar-refractivity contribution in [3.63, 3.8) is 0 Å². The summed E-state index contributed by atoms with van der Waals surface area (Å²) in [5, 5.41) is 8.53. The Morgan fingerprint density at radius 2 is 1.79 bits per heavy atom. The lowest BCUT2D eigenvalue weighted by Gasteiger charge is -2.34. The second kappa shape index (κ2) is 8.89. The van der Waals surface area contributed by atoms with Crippen molar-refractivity contribution in [1.82, 2.24) is 20.2 Å². The van der Waals surface area contributed by atoms with Crippen LogP contribution in [-0.2, 0) is 6.42 Å². The van der Waals surface area contributed by atoms with Crippen LogP contribution < -0.4 is 14.5 Å². The standard InChI is InChI=1S/C21H26N6O2/c1-3-13-28-18-8-6-5-7-17(18)20-24-25-21(29-20)27-11-9-26(10-12-27)19-14-16(4-2)22-15-23-19/h5-8,14-15H,3-4,9-13H2,1-2H3. The normalized spacial score (nSPS) is 14.3. The molecule has 8 heteroatoms. The fourth-order valence-corrected chi connectivity index (χ4v) is 3.31. The SMILES string of the molecule is CCCOc1ccccc1-c1nnc(N2CCN(c3cc(CC)ncn3)CC2)o1. The maximum Gasteiger partial charge on any atom is 0.318 e. The lowest BCUT2D eigenvalue weighted by Crippen LogP contribution is -2.47. The number of hydrogen-bond acceptors (Lipinski definition) is 8. The van der Waals surface area contributed by atoms with Crippen molar-refractivity contribution in [2.24, 2.45) is 0 Å². The molecule has 8 nitrogen and oxygen atoms in total. The smallest absolute Gasteiger partial charge is 0.318 e. The van der Waals surface area contributed by atoms with Crippen LogP contribution in [0.4, 0.5) is 11.8 Å². The molecule has 29 heavy (non-hydrogen) atoms. The Labute approximate surface area is 170 Å². The van der Waals surface area contributed by atoms with Gasteiger partial charge in [0.15, 0.2) is 0 Å². The van der Waals surface area contributed by atoms with Crippen LogP contribution in [0, 0.1) is 0 Å². The van der Waals surface area contributed by atoms with E-state index in [0.717, 1.165) is 61.8 Å². The molecule has 1 aromatic carbocycles. The lowest BCUT2D eigenvalue weighted by atomic mass is 10.2. The van der Waals surface area contributed by atoms with Gasteiger partial charge in [0.25, 0.3) is 5.89 Å². The maximum absolute atomic E-state index is 5.99. The van der Waals surface area contributed by atoms with E-state index in [9.17, 15) is 0 Å². The largest absolute Gasteiger partial charge is 0.493 e. The molecule has 1 aliphatic rings. The summed E-state index contributed by atoms with van der Waals surface area (Å²) in [7, 11) is 0. The number of para-hydroxylation sites is 1. The van der Waals surface area contributed by atoms with Crippen molar-refractivity contribution in [2.75, 3.05) is 42.6 Å². The molecule has 0 radical (unpaired) electrons. The van der Waals surface area contributed by atoms with Gasteiger partial charge in [-0.25, -0.2) is 9.97 Å². The average Bonchev–Trinajstić information content (AvgIpc) is 3.28. The molecular weight excluding hydrogens is 368 g/mol. The minimum absolute atomic E-state index is 0.484. The molecule has 0 N–H and O–H groups in total. The molecule has 0 saturated carbocycles. The second-order valence-corrected chi connectivity index (χ2v) is 6.93. The fraction of sp³-hybridized carbons (Fsp3) is 0.429. The van der Waals surface area contributed by atoms with E-state index >= 15 is 0 Å². The molecule has 0 unspecified atom stereocenters. The molecule has 0 aliphatic carbocycles. The zero-order valence-corrected chi connectivity index (χ0v) is 16.9. The van der Waals surface area contributed by atoms with Gasteiger partial charge in [0.05, 0.1) is 12.2 Å². The Hall–Kier alpha value is -3.16. The van der Waals surface area contributed by atoms with Crippen LogP contribution in [0.15, 0.2) is 41.1 Å². The second-order valence-electron chi connectivity index (χ2n) is 6.93. The molecule has 0 spiro atoms. The predicted octanol–water partition coefficient (Wildman–Crippen LogP) is 3.20. The third-order valence-corrected chi connectivity index (χ3v) is 4.94. The molecule has 3 aromatic rings. The Kier molecular flexibility index (Phi) is 5.88. The Morgan fingerprint density at radius 3 is 2.59 bits per heavy atom. The van der Waals surface area contributed by atoms with Gasteiger partial charge < -0.3 is 19.0 Å². The molecule has 4 rings (SSSR count). The predicted molar refractivity (Wildman–Crippen MR) is 111 cm³/mol. The van der Waals surface area contributed by atoms with Crippen molar-refractivity contribution in [1.29, 1.82) is 0 Å². The van der Waals surface area contributed by atoms with Crippen molar-refractivity contribution >= 4 is 11.8 Å². The van der Waals surface area contributed by atoms with Crippen molar-refractivity contribution in [3.05, 3.63) is 42.4 Å². The fourth-order valence-electron chi connectivity index (χ4n) is 3.31. The first-order valence-electron chi connectivity index (χ1n) is 10.1. The molecular formula is C21H26N6O2. The van der Waals surface area contributed by atoms with Gasteiger partial charge >= 0.3 is 6.01 Å². The summed E-state index contributed by atoms with van der Waals surface area (Å²) < 4.78 is 11.8. The van der Waals surface area contributed by atoms with Crippen LogP contribution >= 0.6 is 0 Å². The zero-order valence-electron chi connectivity index (χ0n) is 16.9. The molecule has 0 amide bonds. The minimum atomic E-state index is 0.484. The van der Waals surface area contributed by atoms with Crippen LogP contribution in [0.3, 0.4) is 0 Å². The highest BCUT2D eigenvalue weighted by Gasteiger charge is 2.23. The zero-order chi connectivity index (χ0) is 20.1. The van der Waals surface area contributed by atoms with Crippen LogP contribution in [0.5, 0.6) is 5.75 Å². The van der Waals surface area contributed by atoms with E-state index in [1.807, 2.05) is 24.3 Å². The highest BCUT2D eigenvalue weighted by molar-refractivity contribution is 5.63. The molecule has 1 fully saturated rings. The Bertz CT molecular complexity index is 936. The molecule has 2 aromatic heterocycles. The van der Waals surface area contributed by atoms with Gasteiger partial charge in [-0.15, -0.1) is 5.10 Å². The van der Waals surface area contributed by atoms with Gasteiger partial charge in [0, 0.05) is 37.9 Å². The van der Waals surface area contributed by atoms with Gasteiger partial charge in [-0.2, -0.15) is 0 Å². The quantitative estimate of drug-likeness (QED) is 0.604. The number of ether oxygens (including phenoxy) is 1. The van der Waals surface area contributed by atoms with Crippen molar-refractivity contribution < 1.29 is 9.15 Å². The molecule has 3 heterocycles. The number of benzene rings is 1. The molecule has 152 valence electrons. The summed E-state index contributed by atoms with van der Waals surface area (Å²) in [5.74, 6) is 2.23. The molecule has 1 saturated heterocycles. The summed E-state index contributed by atoms with van der Waals surface area (Å²) in [6.45, 7) is 8.10. The Balaban J connectivity index is 1.44. The van der Waals surface area contributed by atoms with E-state index in [1.165, 1.54) is 0 Å². The third kappa shape index (κ3) is 4.31. The van der Waals surface area contributed by atoms with Crippen LogP contribution in [0.25, 0.3) is 11.5 Å². The van der Waals surface area contributed by atoms with Crippen molar-refractivity contribution in [3.8, 4) is 17.2 Å². The summed E-state index contributed by atoms with van der Waals surface area (Å²) in [5.41, 5.74) is 1.88. The highest BCUT2D eigenvalue weighted by Crippen LogP contribution is 2.31. The van der Waals surface area contributed by atoms with Crippen LogP contribution in [0.2, 0.25) is 0 Å². The van der Waals surface area contributed by atoms with Crippen LogP contribution in [0.1, 0.15) is 26.0 Å². The van der Waals surface area contributed by atoms with Crippen molar-refractivity contribution in [2.45, 2.75) is 26.7 Å². The highest BCUT2D eigenvalue weighted by atomic mass is 16.5. The number of nitrogens with zero attached hydrogens (tertiary/aromatic N) is 6. The van der Waals surface area contributed by atoms with E-state index in [0.29, 0.717) is 18.5 Å². The van der Waals surface area contributed by atoms with E-state index in [2.05, 4.69) is 49.9 Å². The number of rotatable bonds is 7. The van der Waals surface area contributed by atoms with Gasteiger partial charge in [0.2, 0.25) is 0 Å². The topological polar surface area (TPSA) is 80.4 Å². The number of aromatic nitrogens is 4.